The quantitative estimate of drug-likeness (QED) is 0.551. The molecule has 4 nitrogen and oxygen atoms in total. The van der Waals surface area contributed by atoms with Crippen molar-refractivity contribution in [3.8, 4) is 0 Å². The Kier molecular flexibility index (Phi) is 3.79. The predicted molar refractivity (Wildman–Crippen MR) is 57.8 cm³/mol. The van der Waals surface area contributed by atoms with E-state index in [-0.39, 0.29) is 0 Å². The highest BCUT2D eigenvalue weighted by Crippen LogP contribution is 2.38. The molecule has 1 heterocycles. The predicted octanol–water partition coefficient (Wildman–Crippen LogP) is 2.09. The fourth-order valence-corrected chi connectivity index (χ4v) is 2.34. The molecule has 0 aromatic carbocycles. The number of hydrogen-bond acceptors (Lipinski definition) is 4. The molecule has 1 aliphatic heterocycles. The topological polar surface area (TPSA) is 44.8 Å². The lowest BCUT2D eigenvalue weighted by atomic mass is 9.94. The molecule has 2 aliphatic rings. The van der Waals surface area contributed by atoms with Gasteiger partial charge in [-0.15, -0.1) is 0 Å². The molecule has 96 valence electrons. The van der Waals surface area contributed by atoms with Crippen molar-refractivity contribution in [3.05, 3.63) is 11.9 Å². The summed E-state index contributed by atoms with van der Waals surface area (Å²) in [5.74, 6) is -2.44. The number of esters is 1. The highest BCUT2D eigenvalue weighted by Gasteiger charge is 2.41. The van der Waals surface area contributed by atoms with Gasteiger partial charge in [0.1, 0.15) is 6.10 Å². The van der Waals surface area contributed by atoms with E-state index < -0.39 is 23.7 Å². The number of carbonyl (C=O) groups is 1. The van der Waals surface area contributed by atoms with E-state index in [1.165, 1.54) is 6.42 Å². The molecule has 1 atom stereocenters. The van der Waals surface area contributed by atoms with Crippen LogP contribution in [0.15, 0.2) is 11.9 Å². The van der Waals surface area contributed by atoms with Gasteiger partial charge >= 0.3 is 5.97 Å². The number of carbonyl (C=O) groups excluding carboxylic acids is 1. The van der Waals surface area contributed by atoms with Crippen molar-refractivity contribution >= 4 is 5.97 Å². The van der Waals surface area contributed by atoms with Crippen molar-refractivity contribution in [2.45, 2.75) is 44.0 Å². The van der Waals surface area contributed by atoms with Gasteiger partial charge in [0, 0.05) is 12.8 Å². The van der Waals surface area contributed by atoms with Gasteiger partial charge in [-0.05, 0) is 18.9 Å². The molecule has 17 heavy (non-hydrogen) atoms. The molecule has 0 aromatic rings. The molecule has 2 fully saturated rings. The van der Waals surface area contributed by atoms with Gasteiger partial charge in [0.2, 0.25) is 5.83 Å². The van der Waals surface area contributed by atoms with E-state index in [0.717, 1.165) is 38.9 Å². The summed E-state index contributed by atoms with van der Waals surface area (Å²) < 4.78 is 28.9. The Balaban J connectivity index is 1.95. The Morgan fingerprint density at radius 2 is 2.12 bits per heavy atom. The minimum atomic E-state index is -0.974. The summed E-state index contributed by atoms with van der Waals surface area (Å²) in [4.78, 5) is 10.9. The van der Waals surface area contributed by atoms with Crippen LogP contribution >= 0.6 is 0 Å². The summed E-state index contributed by atoms with van der Waals surface area (Å²) in [6.45, 7) is 0.296. The van der Waals surface area contributed by atoms with Gasteiger partial charge in [0.25, 0.3) is 0 Å². The lowest BCUT2D eigenvalue weighted by Gasteiger charge is -2.31. The summed E-state index contributed by atoms with van der Waals surface area (Å²) in [6.07, 6.45) is 5.65. The molecule has 0 bridgehead atoms. The average Bonchev–Trinajstić information content (AvgIpc) is 2.72. The zero-order valence-corrected chi connectivity index (χ0v) is 9.91. The van der Waals surface area contributed by atoms with Crippen molar-refractivity contribution in [3.63, 3.8) is 0 Å². The van der Waals surface area contributed by atoms with Crippen LogP contribution in [0.2, 0.25) is 0 Å². The first kappa shape index (κ1) is 12.5. The van der Waals surface area contributed by atoms with E-state index in [1.54, 1.807) is 0 Å². The second-order valence-electron chi connectivity index (χ2n) is 4.44. The van der Waals surface area contributed by atoms with E-state index in [2.05, 4.69) is 4.74 Å². The van der Waals surface area contributed by atoms with Crippen LogP contribution in [-0.4, -0.2) is 31.6 Å². The molecule has 0 amide bonds. The molecule has 2 rings (SSSR count). The Labute approximate surface area is 99.7 Å². The number of halogens is 1. The Bertz CT molecular complexity index is 320. The van der Waals surface area contributed by atoms with Gasteiger partial charge in [-0.2, -0.15) is 4.39 Å². The fourth-order valence-electron chi connectivity index (χ4n) is 2.34. The molecule has 1 saturated heterocycles. The highest BCUT2D eigenvalue weighted by atomic mass is 19.1. The lowest BCUT2D eigenvalue weighted by Crippen LogP contribution is -2.33. The first-order valence-electron chi connectivity index (χ1n) is 5.93. The molecular formula is C12H17FO4. The van der Waals surface area contributed by atoms with Gasteiger partial charge in [-0.1, -0.05) is 6.42 Å². The second kappa shape index (κ2) is 5.14. The van der Waals surface area contributed by atoms with Crippen LogP contribution in [0.4, 0.5) is 4.39 Å². The molecular weight excluding hydrogens is 227 g/mol. The highest BCUT2D eigenvalue weighted by molar-refractivity contribution is 5.85. The third kappa shape index (κ3) is 2.84. The maximum absolute atomic E-state index is 13.3. The lowest BCUT2D eigenvalue weighted by molar-refractivity contribution is -0.183. The largest absolute Gasteiger partial charge is 0.464 e. The third-order valence-electron chi connectivity index (χ3n) is 3.20. The first-order valence-corrected chi connectivity index (χ1v) is 5.93. The first-order chi connectivity index (χ1) is 8.15. The number of rotatable bonds is 2. The summed E-state index contributed by atoms with van der Waals surface area (Å²) in [5, 5.41) is 0. The standard InChI is InChI=1S/C12H17FO4/c1-15-11(14)10(13)7-9-8-16-12(17-9)5-3-2-4-6-12/h7,9H,2-6,8H2,1H3/b10-7-/t9-/m0/s1. The number of ether oxygens (including phenoxy) is 3. The van der Waals surface area contributed by atoms with Crippen LogP contribution in [0.1, 0.15) is 32.1 Å². The Morgan fingerprint density at radius 3 is 2.76 bits per heavy atom. The summed E-state index contributed by atoms with van der Waals surface area (Å²) in [5.41, 5.74) is 0. The van der Waals surface area contributed by atoms with Gasteiger partial charge < -0.3 is 14.2 Å². The van der Waals surface area contributed by atoms with E-state index in [1.807, 2.05) is 0 Å². The van der Waals surface area contributed by atoms with Crippen LogP contribution in [0.25, 0.3) is 0 Å². The molecule has 0 N–H and O–H groups in total. The van der Waals surface area contributed by atoms with E-state index in [4.69, 9.17) is 9.47 Å². The molecule has 1 spiro atoms. The van der Waals surface area contributed by atoms with Crippen molar-refractivity contribution in [2.24, 2.45) is 0 Å². The van der Waals surface area contributed by atoms with Crippen molar-refractivity contribution in [1.82, 2.24) is 0 Å². The van der Waals surface area contributed by atoms with Crippen LogP contribution in [0.5, 0.6) is 0 Å². The second-order valence-corrected chi connectivity index (χ2v) is 4.44. The normalized spacial score (nSPS) is 28.4. The van der Waals surface area contributed by atoms with Gasteiger partial charge in [0.15, 0.2) is 5.79 Å². The zero-order chi connectivity index (χ0) is 12.3. The molecule has 0 radical (unpaired) electrons. The Morgan fingerprint density at radius 1 is 1.41 bits per heavy atom. The monoisotopic (exact) mass is 244 g/mol. The van der Waals surface area contributed by atoms with E-state index in [9.17, 15) is 9.18 Å². The molecule has 0 aromatic heterocycles. The molecule has 1 aliphatic carbocycles. The van der Waals surface area contributed by atoms with Crippen LogP contribution in [-0.2, 0) is 19.0 Å². The smallest absolute Gasteiger partial charge is 0.366 e. The van der Waals surface area contributed by atoms with Gasteiger partial charge in [0.05, 0.1) is 13.7 Å². The van der Waals surface area contributed by atoms with E-state index in [0.29, 0.717) is 6.61 Å². The summed E-state index contributed by atoms with van der Waals surface area (Å²) >= 11 is 0. The summed E-state index contributed by atoms with van der Waals surface area (Å²) in [7, 11) is 1.14. The SMILES string of the molecule is COC(=O)/C(F)=C/[C@H]1COC2(CCCCC2)O1. The maximum atomic E-state index is 13.3. The minimum absolute atomic E-state index is 0.296. The molecule has 5 heteroatoms. The van der Waals surface area contributed by atoms with Gasteiger partial charge in [-0.3, -0.25) is 0 Å². The molecule has 0 unspecified atom stereocenters. The van der Waals surface area contributed by atoms with Crippen molar-refractivity contribution in [2.75, 3.05) is 13.7 Å². The number of hydrogen-bond donors (Lipinski definition) is 0. The molecule has 1 saturated carbocycles. The van der Waals surface area contributed by atoms with Crippen LogP contribution < -0.4 is 0 Å². The summed E-state index contributed by atoms with van der Waals surface area (Å²) in [6, 6.07) is 0. The van der Waals surface area contributed by atoms with Crippen LogP contribution in [0.3, 0.4) is 0 Å². The van der Waals surface area contributed by atoms with Crippen LogP contribution in [0, 0.1) is 0 Å². The van der Waals surface area contributed by atoms with Crippen molar-refractivity contribution < 1.29 is 23.4 Å². The fraction of sp³-hybridized carbons (Fsp3) is 0.750. The maximum Gasteiger partial charge on any atom is 0.366 e. The van der Waals surface area contributed by atoms with Crippen molar-refractivity contribution in [1.29, 1.82) is 0 Å². The third-order valence-corrected chi connectivity index (χ3v) is 3.20. The van der Waals surface area contributed by atoms with E-state index >= 15 is 0 Å². The number of methoxy groups -OCH3 is 1. The minimum Gasteiger partial charge on any atom is -0.464 e. The Hall–Kier alpha value is -0.940. The zero-order valence-electron chi connectivity index (χ0n) is 9.91. The van der Waals surface area contributed by atoms with Gasteiger partial charge in [-0.25, -0.2) is 4.79 Å². The average molecular weight is 244 g/mol.